The van der Waals surface area contributed by atoms with Crippen molar-refractivity contribution >= 4 is 35.1 Å². The monoisotopic (exact) mass is 1030 g/mol. The number of phenols is 1. The number of nitrogens with zero attached hydrogens (tertiary/aromatic N) is 9. The summed E-state index contributed by atoms with van der Waals surface area (Å²) in [6.45, 7) is 11.4. The topological polar surface area (TPSA) is 211 Å². The van der Waals surface area contributed by atoms with Crippen LogP contribution in [0.1, 0.15) is 103 Å². The number of carbonyl (C=O) groups is 2. The Balaban J connectivity index is 0.606. The predicted molar refractivity (Wildman–Crippen MR) is 287 cm³/mol. The lowest BCUT2D eigenvalue weighted by Crippen LogP contribution is -2.62. The molecule has 2 bridgehead atoms. The molecule has 398 valence electrons. The quantitative estimate of drug-likeness (QED) is 0.0910. The molecule has 2 aliphatic carbocycles. The van der Waals surface area contributed by atoms with Crippen LogP contribution in [0.5, 0.6) is 5.75 Å². The standard InChI is InChI=1S/C58H69FN12O5/c1-56(2,3)50(54(75)70-33-42(72)23-48(70)52-64-57(4,76-67-52)38-15-13-35(14-16-38)43-9-5-7-11-45(43)59)63-53(74)36-25-58(26-36)27-41(28-58)68-21-19-34(20-22-68)37-29-61-55(62-30-37)71-39-17-18-40(71)32-69(31-39)47-24-46(65-66-51(47)60)44-10-6-8-12-49(44)73/h5-16,24,29-30,34,36,39-42,48,50,72-73H,17-23,25-28,31-33H2,1-4H3,(H2,60,66)(H,63,74)(H,64,67)/t36-,39?,40?,41-,42-,48+,50-,57+,58?/m1/s1. The van der Waals surface area contributed by atoms with Crippen molar-refractivity contribution in [2.24, 2.45) is 21.9 Å². The lowest BCUT2D eigenvalue weighted by atomic mass is 9.49. The fourth-order valence-corrected chi connectivity index (χ4v) is 13.6. The van der Waals surface area contributed by atoms with Gasteiger partial charge >= 0.3 is 0 Å². The van der Waals surface area contributed by atoms with E-state index in [0.29, 0.717) is 40.4 Å². The maximum absolute atomic E-state index is 14.6. The molecule has 17 nitrogen and oxygen atoms in total. The molecule has 12 rings (SSSR count). The molecule has 76 heavy (non-hydrogen) atoms. The Morgan fingerprint density at radius 3 is 2.21 bits per heavy atom. The first-order valence-corrected chi connectivity index (χ1v) is 27.2. The second-order valence-corrected chi connectivity index (χ2v) is 24.0. The molecule has 0 radical (unpaired) electrons. The summed E-state index contributed by atoms with van der Waals surface area (Å²) in [4.78, 5) is 53.5. The van der Waals surface area contributed by atoms with Crippen molar-refractivity contribution in [3.63, 3.8) is 0 Å². The Kier molecular flexibility index (Phi) is 12.7. The number of aliphatic hydroxyl groups is 1. The SMILES string of the molecule is CC(C)(C)[C@H](NC(=O)[C@H]1CC2(C1)C[C@H](N1CCC(c3cnc(N4C5CCC4CN(c4cc(-c6ccccc6O)nnc4N)C5)nc3)CC1)C2)C(=O)N1C[C@H](O)C[C@H]1C1=NO[C@@](C)(c2ccc(-c3ccccc3F)cc2)N1. The number of hydrogen-bond acceptors (Lipinski definition) is 15. The van der Waals surface area contributed by atoms with E-state index in [0.717, 1.165) is 100 Å². The van der Waals surface area contributed by atoms with E-state index in [4.69, 9.17) is 20.5 Å². The highest BCUT2D eigenvalue weighted by Crippen LogP contribution is 2.60. The number of para-hydroxylation sites is 1. The number of piperidine rings is 1. The average Bonchev–Trinajstić information content (AvgIpc) is 4.07. The van der Waals surface area contributed by atoms with Gasteiger partial charge in [-0.15, -0.1) is 10.2 Å². The van der Waals surface area contributed by atoms with Crippen LogP contribution in [-0.2, 0) is 20.2 Å². The molecule has 18 heteroatoms. The summed E-state index contributed by atoms with van der Waals surface area (Å²) >= 11 is 0. The van der Waals surface area contributed by atoms with Gasteiger partial charge in [0.25, 0.3) is 0 Å². The third kappa shape index (κ3) is 9.24. The highest BCUT2D eigenvalue weighted by molar-refractivity contribution is 5.96. The van der Waals surface area contributed by atoms with Gasteiger partial charge in [-0.05, 0) is 117 Å². The average molecular weight is 1030 g/mol. The zero-order valence-electron chi connectivity index (χ0n) is 43.8. The van der Waals surface area contributed by atoms with E-state index in [9.17, 15) is 24.2 Å². The van der Waals surface area contributed by atoms with Crippen LogP contribution in [0, 0.1) is 22.6 Å². The highest BCUT2D eigenvalue weighted by atomic mass is 19.1. The fraction of sp³-hybridized carbons (Fsp3) is 0.500. The lowest BCUT2D eigenvalue weighted by Gasteiger charge is -2.60. The number of anilines is 3. The van der Waals surface area contributed by atoms with E-state index < -0.39 is 29.3 Å². The van der Waals surface area contributed by atoms with E-state index in [1.165, 1.54) is 11.6 Å². The highest BCUT2D eigenvalue weighted by Gasteiger charge is 2.57. The minimum atomic E-state index is -1.05. The first kappa shape index (κ1) is 49.9. The number of aromatic nitrogens is 4. The number of fused-ring (bicyclic) bond motifs is 2. The third-order valence-electron chi connectivity index (χ3n) is 17.9. The number of rotatable bonds is 11. The molecule has 4 saturated heterocycles. The van der Waals surface area contributed by atoms with Gasteiger partial charge in [-0.2, -0.15) is 0 Å². The van der Waals surface area contributed by atoms with Crippen LogP contribution in [0.4, 0.5) is 21.8 Å². The van der Waals surface area contributed by atoms with Crippen molar-refractivity contribution in [1.82, 2.24) is 40.6 Å². The van der Waals surface area contributed by atoms with Crippen molar-refractivity contribution in [2.45, 2.75) is 133 Å². The molecule has 2 unspecified atom stereocenters. The summed E-state index contributed by atoms with van der Waals surface area (Å²) in [5.74, 6) is 1.38. The summed E-state index contributed by atoms with van der Waals surface area (Å²) in [5, 5.41) is 40.9. The van der Waals surface area contributed by atoms with E-state index in [1.807, 2.05) is 82.6 Å². The van der Waals surface area contributed by atoms with Gasteiger partial charge in [0.15, 0.2) is 11.7 Å². The van der Waals surface area contributed by atoms with Gasteiger partial charge in [0.1, 0.15) is 17.6 Å². The molecule has 7 heterocycles. The zero-order valence-corrected chi connectivity index (χ0v) is 43.8. The number of nitrogens with two attached hydrogens (primary N) is 1. The maximum Gasteiger partial charge on any atom is 0.246 e. The second-order valence-electron chi connectivity index (χ2n) is 24.0. The lowest BCUT2D eigenvalue weighted by molar-refractivity contribution is -0.149. The van der Waals surface area contributed by atoms with Gasteiger partial charge < -0.3 is 51.0 Å². The Morgan fingerprint density at radius 1 is 0.868 bits per heavy atom. The van der Waals surface area contributed by atoms with E-state index in [2.05, 4.69) is 40.7 Å². The molecule has 6 N–H and O–H groups in total. The normalized spacial score (nSPS) is 28.8. The first-order chi connectivity index (χ1) is 36.5. The smallest absolute Gasteiger partial charge is 0.246 e. The molecule has 5 aromatic rings. The first-order valence-electron chi connectivity index (χ1n) is 27.2. The molecule has 2 saturated carbocycles. The maximum atomic E-state index is 14.6. The molecule has 7 aliphatic rings. The number of aliphatic hydroxyl groups excluding tert-OH is 1. The zero-order chi connectivity index (χ0) is 52.7. The van der Waals surface area contributed by atoms with Crippen LogP contribution in [0.3, 0.4) is 0 Å². The molecule has 5 aliphatic heterocycles. The number of amides is 2. The minimum Gasteiger partial charge on any atom is -0.507 e. The summed E-state index contributed by atoms with van der Waals surface area (Å²) in [6.07, 6.45) is 11.7. The van der Waals surface area contributed by atoms with Gasteiger partial charge in [-0.1, -0.05) is 80.5 Å². The molecule has 2 amide bonds. The minimum absolute atomic E-state index is 0.0819. The van der Waals surface area contributed by atoms with Crippen molar-refractivity contribution in [1.29, 1.82) is 0 Å². The van der Waals surface area contributed by atoms with Crippen LogP contribution >= 0.6 is 0 Å². The van der Waals surface area contributed by atoms with Gasteiger partial charge in [0.05, 0.1) is 23.5 Å². The van der Waals surface area contributed by atoms with Crippen LogP contribution in [0.25, 0.3) is 22.4 Å². The number of aromatic hydroxyl groups is 1. The molecule has 1 spiro atoms. The third-order valence-corrected chi connectivity index (χ3v) is 17.9. The van der Waals surface area contributed by atoms with Gasteiger partial charge in [0.2, 0.25) is 23.5 Å². The van der Waals surface area contributed by atoms with Crippen LogP contribution in [0.15, 0.2) is 96.4 Å². The Bertz CT molecular complexity index is 3010. The Hall–Kier alpha value is -6.92. The number of likely N-dealkylation sites (tertiary alicyclic amines) is 2. The number of nitrogens with one attached hydrogen (secondary N) is 2. The van der Waals surface area contributed by atoms with Crippen molar-refractivity contribution in [3.05, 3.63) is 108 Å². The molecular weight excluding hydrogens is 964 g/mol. The molecular formula is C58H69FN12O5. The molecule has 2 aromatic heterocycles. The van der Waals surface area contributed by atoms with Crippen molar-refractivity contribution in [3.8, 4) is 28.1 Å². The van der Waals surface area contributed by atoms with Crippen LogP contribution < -0.4 is 26.2 Å². The number of β-amino-alcohol motifs (C(OH)–C–C–N with tert-alkyl or cyclic N) is 1. The van der Waals surface area contributed by atoms with E-state index in [1.54, 1.807) is 35.2 Å². The van der Waals surface area contributed by atoms with Crippen molar-refractivity contribution < 1.29 is 29.0 Å². The Labute approximate surface area is 443 Å². The Morgan fingerprint density at radius 2 is 1.54 bits per heavy atom. The van der Waals surface area contributed by atoms with Crippen molar-refractivity contribution in [2.75, 3.05) is 48.3 Å². The van der Waals surface area contributed by atoms with E-state index >= 15 is 0 Å². The molecule has 6 fully saturated rings. The molecule has 6 atom stereocenters. The number of piperazine rings is 1. The van der Waals surface area contributed by atoms with E-state index in [-0.39, 0.29) is 59.8 Å². The fourth-order valence-electron chi connectivity index (χ4n) is 13.6. The van der Waals surface area contributed by atoms with Crippen LogP contribution in [-0.4, -0.2) is 127 Å². The number of phenolic OH excluding ortho intramolecular Hbond substituents is 1. The van der Waals surface area contributed by atoms with Gasteiger partial charge in [0, 0.05) is 86.1 Å². The number of nitrogen functional groups attached to an aromatic ring is 1. The number of carbonyl (C=O) groups excluding carboxylic acids is 2. The number of amidine groups is 1. The summed E-state index contributed by atoms with van der Waals surface area (Å²) < 4.78 is 14.5. The molecule has 3 aromatic carbocycles. The van der Waals surface area contributed by atoms with Crippen LogP contribution in [0.2, 0.25) is 0 Å². The second kappa shape index (κ2) is 19.3. The number of benzene rings is 3. The summed E-state index contributed by atoms with van der Waals surface area (Å²) in [6, 6.07) is 22.7. The largest absolute Gasteiger partial charge is 0.507 e. The number of hydrogen-bond donors (Lipinski definition) is 5. The summed E-state index contributed by atoms with van der Waals surface area (Å²) in [7, 11) is 0. The number of oxime groups is 1. The van der Waals surface area contributed by atoms with Gasteiger partial charge in [-0.3, -0.25) is 9.59 Å². The predicted octanol–water partition coefficient (Wildman–Crippen LogP) is 6.92. The van der Waals surface area contributed by atoms with Gasteiger partial charge in [-0.25, -0.2) is 14.4 Å². The number of halogens is 1. The summed E-state index contributed by atoms with van der Waals surface area (Å²) in [5.41, 5.74) is 10.2.